The Balaban J connectivity index is 0. The highest BCUT2D eigenvalue weighted by Gasteiger charge is 2.06. The van der Waals surface area contributed by atoms with Crippen molar-refractivity contribution in [3.63, 3.8) is 0 Å². The van der Waals surface area contributed by atoms with Gasteiger partial charge in [-0.25, -0.2) is 0 Å². The van der Waals surface area contributed by atoms with Crippen molar-refractivity contribution >= 4 is 12.4 Å². The Morgan fingerprint density at radius 1 is 1.44 bits per heavy atom. The molecule has 58 valence electrons. The van der Waals surface area contributed by atoms with E-state index in [1.807, 2.05) is 7.05 Å². The first-order chi connectivity index (χ1) is 3.72. The largest absolute Gasteiger partial charge is 0.395 e. The molecule has 0 aromatic carbocycles. The van der Waals surface area contributed by atoms with E-state index in [2.05, 4.69) is 19.2 Å². The molecule has 1 atom stereocenters. The highest BCUT2D eigenvalue weighted by atomic mass is 35.5. The molecule has 0 aliphatic heterocycles. The van der Waals surface area contributed by atoms with Gasteiger partial charge in [-0.1, -0.05) is 13.8 Å². The molecular formula is C6H16ClNO. The lowest BCUT2D eigenvalue weighted by molar-refractivity contribution is 0.218. The summed E-state index contributed by atoms with van der Waals surface area (Å²) in [7, 11) is 1.86. The fourth-order valence-electron chi connectivity index (χ4n) is 0.635. The zero-order valence-corrected chi connectivity index (χ0v) is 7.03. The monoisotopic (exact) mass is 153 g/mol. The minimum Gasteiger partial charge on any atom is -0.395 e. The van der Waals surface area contributed by atoms with Crippen LogP contribution in [0.3, 0.4) is 0 Å². The van der Waals surface area contributed by atoms with Gasteiger partial charge in [-0.2, -0.15) is 0 Å². The van der Waals surface area contributed by atoms with Gasteiger partial charge in [0.2, 0.25) is 0 Å². The van der Waals surface area contributed by atoms with E-state index in [0.29, 0.717) is 5.92 Å². The maximum atomic E-state index is 8.63. The number of hydrogen-bond acceptors (Lipinski definition) is 2. The van der Waals surface area contributed by atoms with E-state index in [1.165, 1.54) is 0 Å². The van der Waals surface area contributed by atoms with Gasteiger partial charge in [0.05, 0.1) is 6.61 Å². The molecule has 2 nitrogen and oxygen atoms in total. The van der Waals surface area contributed by atoms with Gasteiger partial charge in [0.1, 0.15) is 0 Å². The van der Waals surface area contributed by atoms with E-state index >= 15 is 0 Å². The summed E-state index contributed by atoms with van der Waals surface area (Å²) in [5.74, 6) is 0.519. The summed E-state index contributed by atoms with van der Waals surface area (Å²) in [6, 6.07) is 0.259. The maximum absolute atomic E-state index is 8.63. The van der Waals surface area contributed by atoms with E-state index in [-0.39, 0.29) is 25.1 Å². The number of nitrogens with one attached hydrogen (secondary N) is 1. The van der Waals surface area contributed by atoms with E-state index in [4.69, 9.17) is 5.11 Å². The molecule has 0 aromatic rings. The summed E-state index contributed by atoms with van der Waals surface area (Å²) in [5, 5.41) is 11.6. The summed E-state index contributed by atoms with van der Waals surface area (Å²) in [6.45, 7) is 4.39. The summed E-state index contributed by atoms with van der Waals surface area (Å²) in [4.78, 5) is 0. The molecule has 0 unspecified atom stereocenters. The molecule has 2 N–H and O–H groups in total. The van der Waals surface area contributed by atoms with Crippen molar-refractivity contribution in [3.05, 3.63) is 0 Å². The minimum atomic E-state index is 0. The Morgan fingerprint density at radius 3 is 1.89 bits per heavy atom. The Bertz CT molecular complexity index is 55.0. The molecule has 3 heteroatoms. The van der Waals surface area contributed by atoms with Crippen molar-refractivity contribution in [2.45, 2.75) is 19.9 Å². The van der Waals surface area contributed by atoms with Gasteiger partial charge in [0.25, 0.3) is 0 Å². The SMILES string of the molecule is CN[C@H](CO)C(C)C.Cl. The van der Waals surface area contributed by atoms with Gasteiger partial charge < -0.3 is 10.4 Å². The summed E-state index contributed by atoms with van der Waals surface area (Å²) < 4.78 is 0. The van der Waals surface area contributed by atoms with Crippen molar-refractivity contribution in [2.75, 3.05) is 13.7 Å². The van der Waals surface area contributed by atoms with Gasteiger partial charge in [-0.05, 0) is 13.0 Å². The lowest BCUT2D eigenvalue weighted by Gasteiger charge is -2.15. The molecule has 0 aliphatic carbocycles. The van der Waals surface area contributed by atoms with E-state index < -0.39 is 0 Å². The first-order valence-corrected chi connectivity index (χ1v) is 3.00. The molecule has 0 heterocycles. The van der Waals surface area contributed by atoms with Crippen LogP contribution in [0.1, 0.15) is 13.8 Å². The number of hydrogen-bond donors (Lipinski definition) is 2. The summed E-state index contributed by atoms with van der Waals surface area (Å²) >= 11 is 0. The first kappa shape index (κ1) is 11.9. The molecule has 0 spiro atoms. The van der Waals surface area contributed by atoms with Crippen LogP contribution in [0.25, 0.3) is 0 Å². The Morgan fingerprint density at radius 2 is 1.89 bits per heavy atom. The topological polar surface area (TPSA) is 32.3 Å². The molecule has 0 aromatic heterocycles. The molecule has 9 heavy (non-hydrogen) atoms. The van der Waals surface area contributed by atoms with Gasteiger partial charge in [-0.15, -0.1) is 12.4 Å². The minimum absolute atomic E-state index is 0. The molecule has 0 saturated carbocycles. The summed E-state index contributed by atoms with van der Waals surface area (Å²) in [5.41, 5.74) is 0. The molecule has 0 bridgehead atoms. The van der Waals surface area contributed by atoms with Gasteiger partial charge in [0.15, 0.2) is 0 Å². The molecule has 0 saturated heterocycles. The van der Waals surface area contributed by atoms with Crippen LogP contribution in [0, 0.1) is 5.92 Å². The van der Waals surface area contributed by atoms with Gasteiger partial charge in [-0.3, -0.25) is 0 Å². The predicted molar refractivity (Wildman–Crippen MR) is 42.0 cm³/mol. The Labute approximate surface area is 63.1 Å². The Hall–Kier alpha value is 0.210. The number of aliphatic hydroxyl groups is 1. The van der Waals surface area contributed by atoms with Crippen LogP contribution in [0.5, 0.6) is 0 Å². The number of likely N-dealkylation sites (N-methyl/N-ethyl adjacent to an activating group) is 1. The summed E-state index contributed by atoms with van der Waals surface area (Å²) in [6.07, 6.45) is 0. The highest BCUT2D eigenvalue weighted by molar-refractivity contribution is 5.85. The average molecular weight is 154 g/mol. The normalized spacial score (nSPS) is 13.0. The average Bonchev–Trinajstić information content (AvgIpc) is 1.69. The fourth-order valence-corrected chi connectivity index (χ4v) is 0.635. The van der Waals surface area contributed by atoms with Crippen molar-refractivity contribution in [3.8, 4) is 0 Å². The highest BCUT2D eigenvalue weighted by Crippen LogP contribution is 1.97. The molecule has 0 radical (unpaired) electrons. The van der Waals surface area contributed by atoms with Crippen LogP contribution in [0.2, 0.25) is 0 Å². The number of rotatable bonds is 3. The van der Waals surface area contributed by atoms with Crippen LogP contribution < -0.4 is 5.32 Å². The first-order valence-electron chi connectivity index (χ1n) is 3.00. The maximum Gasteiger partial charge on any atom is 0.0587 e. The fraction of sp³-hybridized carbons (Fsp3) is 1.00. The van der Waals surface area contributed by atoms with Crippen LogP contribution in [0.15, 0.2) is 0 Å². The molecule has 0 rings (SSSR count). The molecule has 0 fully saturated rings. The number of aliphatic hydroxyl groups excluding tert-OH is 1. The van der Waals surface area contributed by atoms with Crippen LogP contribution in [-0.4, -0.2) is 24.8 Å². The molecule has 0 aliphatic rings. The van der Waals surface area contributed by atoms with Crippen molar-refractivity contribution in [1.82, 2.24) is 5.32 Å². The second-order valence-electron chi connectivity index (χ2n) is 2.32. The standard InChI is InChI=1S/C6H15NO.ClH/c1-5(2)6(4-8)7-3;/h5-8H,4H2,1-3H3;1H/t6-;/m1./s1. The lowest BCUT2D eigenvalue weighted by atomic mass is 10.1. The second-order valence-corrected chi connectivity index (χ2v) is 2.32. The van der Waals surface area contributed by atoms with Crippen molar-refractivity contribution < 1.29 is 5.11 Å². The van der Waals surface area contributed by atoms with Crippen LogP contribution in [0.4, 0.5) is 0 Å². The Kier molecular flexibility index (Phi) is 8.40. The van der Waals surface area contributed by atoms with Crippen molar-refractivity contribution in [2.24, 2.45) is 5.92 Å². The third-order valence-electron chi connectivity index (χ3n) is 1.37. The quantitative estimate of drug-likeness (QED) is 0.624. The third kappa shape index (κ3) is 4.70. The zero-order chi connectivity index (χ0) is 6.57. The van der Waals surface area contributed by atoms with E-state index in [1.54, 1.807) is 0 Å². The third-order valence-corrected chi connectivity index (χ3v) is 1.37. The lowest BCUT2D eigenvalue weighted by Crippen LogP contribution is -2.33. The van der Waals surface area contributed by atoms with E-state index in [0.717, 1.165) is 0 Å². The van der Waals surface area contributed by atoms with Gasteiger partial charge >= 0.3 is 0 Å². The second kappa shape index (κ2) is 6.33. The van der Waals surface area contributed by atoms with Gasteiger partial charge in [0, 0.05) is 6.04 Å². The number of halogens is 1. The molecular weight excluding hydrogens is 138 g/mol. The molecule has 0 amide bonds. The zero-order valence-electron chi connectivity index (χ0n) is 6.22. The smallest absolute Gasteiger partial charge is 0.0587 e. The van der Waals surface area contributed by atoms with E-state index in [9.17, 15) is 0 Å². The predicted octanol–water partition coefficient (Wildman–Crippen LogP) is 0.644. The van der Waals surface area contributed by atoms with Crippen LogP contribution >= 0.6 is 12.4 Å². The van der Waals surface area contributed by atoms with Crippen molar-refractivity contribution in [1.29, 1.82) is 0 Å². The van der Waals surface area contributed by atoms with Crippen LogP contribution in [-0.2, 0) is 0 Å².